The van der Waals surface area contributed by atoms with Gasteiger partial charge in [-0.25, -0.2) is 0 Å². The summed E-state index contributed by atoms with van der Waals surface area (Å²) in [7, 11) is 3.05. The summed E-state index contributed by atoms with van der Waals surface area (Å²) in [5.74, 6) is 1.46. The summed E-state index contributed by atoms with van der Waals surface area (Å²) >= 11 is 6.82. The lowest BCUT2D eigenvalue weighted by molar-refractivity contribution is -0.172. The maximum atomic E-state index is 13.2. The quantitative estimate of drug-likeness (QED) is 0.398. The average molecular weight is 407 g/mol. The Morgan fingerprint density at radius 1 is 1.11 bits per heavy atom. The van der Waals surface area contributed by atoms with Crippen LogP contribution in [0.1, 0.15) is 55.8 Å². The Labute approximate surface area is 170 Å². The number of rotatable bonds is 6. The molecular weight excluding hydrogens is 380 g/mol. The number of Topliss-reactive ketones (excluding diaryl/α,β-unsaturated/α-hetero) is 1. The van der Waals surface area contributed by atoms with Crippen molar-refractivity contribution in [1.29, 1.82) is 0 Å². The first kappa shape index (κ1) is 19.6. The van der Waals surface area contributed by atoms with Crippen LogP contribution in [0.3, 0.4) is 0 Å². The molecule has 0 aliphatic heterocycles. The van der Waals surface area contributed by atoms with Gasteiger partial charge in [0.05, 0.1) is 25.2 Å². The van der Waals surface area contributed by atoms with E-state index in [4.69, 9.17) is 25.8 Å². The summed E-state index contributed by atoms with van der Waals surface area (Å²) in [6, 6.07) is 4.99. The molecule has 4 aliphatic carbocycles. The van der Waals surface area contributed by atoms with Gasteiger partial charge < -0.3 is 14.2 Å². The van der Waals surface area contributed by atoms with Crippen molar-refractivity contribution in [3.8, 4) is 11.5 Å². The van der Waals surface area contributed by atoms with Crippen molar-refractivity contribution < 1.29 is 23.8 Å². The van der Waals surface area contributed by atoms with E-state index in [0.29, 0.717) is 35.3 Å². The van der Waals surface area contributed by atoms with Gasteiger partial charge in [-0.1, -0.05) is 0 Å². The molecular formula is C22H27ClO5. The van der Waals surface area contributed by atoms with Crippen LogP contribution in [0, 0.1) is 17.3 Å². The molecule has 0 heterocycles. The predicted molar refractivity (Wildman–Crippen MR) is 105 cm³/mol. The fourth-order valence-corrected chi connectivity index (χ4v) is 6.64. The van der Waals surface area contributed by atoms with Crippen LogP contribution < -0.4 is 9.47 Å². The Morgan fingerprint density at radius 2 is 1.79 bits per heavy atom. The third-order valence-electron chi connectivity index (χ3n) is 6.75. The van der Waals surface area contributed by atoms with Gasteiger partial charge in [0.15, 0.2) is 6.10 Å². The molecule has 152 valence electrons. The van der Waals surface area contributed by atoms with Gasteiger partial charge in [-0.05, 0) is 69.4 Å². The lowest BCUT2D eigenvalue weighted by Crippen LogP contribution is -2.56. The first-order valence-electron chi connectivity index (χ1n) is 9.94. The minimum Gasteiger partial charge on any atom is -0.497 e. The van der Waals surface area contributed by atoms with Crippen LogP contribution in [-0.2, 0) is 9.53 Å². The lowest BCUT2D eigenvalue weighted by atomic mass is 9.49. The molecule has 0 N–H and O–H groups in total. The molecule has 4 aliphatic rings. The van der Waals surface area contributed by atoms with E-state index in [9.17, 15) is 9.59 Å². The molecule has 5 rings (SSSR count). The third-order valence-corrected chi connectivity index (χ3v) is 7.19. The van der Waals surface area contributed by atoms with Crippen LogP contribution in [0.2, 0.25) is 0 Å². The predicted octanol–water partition coefficient (Wildman–Crippen LogP) is 4.40. The number of ether oxygens (including phenoxy) is 3. The van der Waals surface area contributed by atoms with Crippen LogP contribution >= 0.6 is 11.6 Å². The number of carbonyl (C=O) groups is 2. The van der Waals surface area contributed by atoms with E-state index in [1.54, 1.807) is 32.2 Å². The summed E-state index contributed by atoms with van der Waals surface area (Å²) in [5, 5.41) is 0. The zero-order valence-electron chi connectivity index (χ0n) is 16.6. The molecule has 0 amide bonds. The lowest BCUT2D eigenvalue weighted by Gasteiger charge is -2.58. The molecule has 4 saturated carbocycles. The molecule has 0 spiro atoms. The number of methoxy groups -OCH3 is 2. The summed E-state index contributed by atoms with van der Waals surface area (Å²) in [4.78, 5) is 25.8. The monoisotopic (exact) mass is 406 g/mol. The van der Waals surface area contributed by atoms with Crippen LogP contribution in [0.5, 0.6) is 11.5 Å². The van der Waals surface area contributed by atoms with Crippen LogP contribution in [-0.4, -0.2) is 37.0 Å². The molecule has 4 fully saturated rings. The Bertz CT molecular complexity index is 790. The molecule has 0 radical (unpaired) electrons. The number of alkyl halides is 1. The fraction of sp³-hybridized carbons (Fsp3) is 0.636. The van der Waals surface area contributed by atoms with Crippen LogP contribution in [0.15, 0.2) is 18.2 Å². The minimum absolute atomic E-state index is 0.264. The summed E-state index contributed by atoms with van der Waals surface area (Å²) in [6.45, 7) is 1.63. The molecule has 1 aromatic rings. The fourth-order valence-electron chi connectivity index (χ4n) is 5.95. The summed E-state index contributed by atoms with van der Waals surface area (Å²) in [5.41, 5.74) is -0.146. The van der Waals surface area contributed by atoms with Gasteiger partial charge in [0, 0.05) is 10.9 Å². The smallest absolute Gasteiger partial charge is 0.312 e. The minimum atomic E-state index is -0.880. The molecule has 1 aromatic carbocycles. The van der Waals surface area contributed by atoms with Gasteiger partial charge in [0.25, 0.3) is 0 Å². The van der Waals surface area contributed by atoms with E-state index in [0.717, 1.165) is 25.7 Å². The molecule has 0 saturated heterocycles. The van der Waals surface area contributed by atoms with E-state index < -0.39 is 11.5 Å². The van der Waals surface area contributed by atoms with Gasteiger partial charge in [0.2, 0.25) is 5.78 Å². The summed E-state index contributed by atoms with van der Waals surface area (Å²) in [6.07, 6.45) is 4.62. The van der Waals surface area contributed by atoms with E-state index in [1.165, 1.54) is 13.5 Å². The number of hydrogen-bond donors (Lipinski definition) is 0. The molecule has 0 aromatic heterocycles. The molecule has 28 heavy (non-hydrogen) atoms. The number of hydrogen-bond acceptors (Lipinski definition) is 5. The van der Waals surface area contributed by atoms with Crippen molar-refractivity contribution in [3.63, 3.8) is 0 Å². The number of benzene rings is 1. The Hall–Kier alpha value is -1.75. The highest BCUT2D eigenvalue weighted by Gasteiger charge is 2.61. The SMILES string of the molecule is COc1ccc(C(=O)[C@@H](C)OC(=O)C23C[C@@H]4C[C@@H](CC(Cl)(C4)C2)C3)c(OC)c1. The number of esters is 1. The summed E-state index contributed by atoms with van der Waals surface area (Å²) < 4.78 is 16.2. The van der Waals surface area contributed by atoms with Crippen molar-refractivity contribution in [1.82, 2.24) is 0 Å². The highest BCUT2D eigenvalue weighted by Crippen LogP contribution is 2.64. The number of halogens is 1. The van der Waals surface area contributed by atoms with Crippen molar-refractivity contribution in [2.24, 2.45) is 17.3 Å². The second-order valence-electron chi connectivity index (χ2n) is 8.87. The highest BCUT2D eigenvalue weighted by atomic mass is 35.5. The van der Waals surface area contributed by atoms with E-state index >= 15 is 0 Å². The van der Waals surface area contributed by atoms with Crippen molar-refractivity contribution in [2.45, 2.75) is 56.4 Å². The molecule has 6 heteroatoms. The highest BCUT2D eigenvalue weighted by molar-refractivity contribution is 6.24. The largest absolute Gasteiger partial charge is 0.497 e. The second-order valence-corrected chi connectivity index (χ2v) is 9.67. The molecule has 4 bridgehead atoms. The van der Waals surface area contributed by atoms with Gasteiger partial charge in [-0.15, -0.1) is 11.6 Å². The topological polar surface area (TPSA) is 61.8 Å². The first-order valence-corrected chi connectivity index (χ1v) is 10.3. The number of ketones is 1. The van der Waals surface area contributed by atoms with Crippen molar-refractivity contribution in [3.05, 3.63) is 23.8 Å². The van der Waals surface area contributed by atoms with Gasteiger partial charge in [-0.3, -0.25) is 9.59 Å². The first-order chi connectivity index (χ1) is 13.3. The van der Waals surface area contributed by atoms with Crippen LogP contribution in [0.25, 0.3) is 0 Å². The van der Waals surface area contributed by atoms with Crippen molar-refractivity contribution in [2.75, 3.05) is 14.2 Å². The normalized spacial score (nSPS) is 34.0. The van der Waals surface area contributed by atoms with Gasteiger partial charge in [0.1, 0.15) is 11.5 Å². The third kappa shape index (κ3) is 3.28. The van der Waals surface area contributed by atoms with Crippen LogP contribution in [0.4, 0.5) is 0 Å². The second kappa shape index (κ2) is 6.94. The maximum absolute atomic E-state index is 13.2. The zero-order valence-corrected chi connectivity index (χ0v) is 17.4. The van der Waals surface area contributed by atoms with Gasteiger partial charge in [-0.2, -0.15) is 0 Å². The molecule has 5 atom stereocenters. The molecule has 2 unspecified atom stereocenters. The Morgan fingerprint density at radius 3 is 2.36 bits per heavy atom. The van der Waals surface area contributed by atoms with E-state index in [1.807, 2.05) is 0 Å². The molecule has 5 nitrogen and oxygen atoms in total. The van der Waals surface area contributed by atoms with E-state index in [-0.39, 0.29) is 16.6 Å². The average Bonchev–Trinajstić information content (AvgIpc) is 2.64. The zero-order chi connectivity index (χ0) is 20.1. The Kier molecular flexibility index (Phi) is 4.85. The van der Waals surface area contributed by atoms with Gasteiger partial charge >= 0.3 is 5.97 Å². The standard InChI is InChI=1S/C22H27ClO5/c1-13(19(24)17-5-4-16(26-2)7-18(17)27-3)28-20(25)21-8-14-6-15(9-21)11-22(23,10-14)12-21/h4-5,7,13-15H,6,8-12H2,1-3H3/t13-,14-,15+,21?,22?/m1/s1. The maximum Gasteiger partial charge on any atom is 0.312 e. The Balaban J connectivity index is 1.50. The van der Waals surface area contributed by atoms with E-state index in [2.05, 4.69) is 0 Å². The number of carbonyl (C=O) groups excluding carboxylic acids is 2. The van der Waals surface area contributed by atoms with Crippen molar-refractivity contribution >= 4 is 23.4 Å².